The molecule has 1 unspecified atom stereocenters. The van der Waals surface area contributed by atoms with Gasteiger partial charge in [-0.05, 0) is 48.1 Å². The van der Waals surface area contributed by atoms with E-state index >= 15 is 0 Å². The highest BCUT2D eigenvalue weighted by Crippen LogP contribution is 2.36. The smallest absolute Gasteiger partial charge is 0.0627 e. The summed E-state index contributed by atoms with van der Waals surface area (Å²) in [6, 6.07) is 21.2. The van der Waals surface area contributed by atoms with Gasteiger partial charge in [0.2, 0.25) is 0 Å². The number of likely N-dealkylation sites (N-methyl/N-ethyl adjacent to an activating group) is 1. The molecule has 1 aliphatic carbocycles. The highest BCUT2D eigenvalue weighted by atomic mass is 32.2. The van der Waals surface area contributed by atoms with Crippen molar-refractivity contribution in [2.75, 3.05) is 7.05 Å². The number of hydrogen-bond acceptors (Lipinski definition) is 1. The highest BCUT2D eigenvalue weighted by Gasteiger charge is 2.23. The van der Waals surface area contributed by atoms with Crippen LogP contribution >= 0.6 is 11.9 Å². The summed E-state index contributed by atoms with van der Waals surface area (Å²) in [5.74, 6) is 6.63. The molecule has 0 fully saturated rings. The summed E-state index contributed by atoms with van der Waals surface area (Å²) in [5.41, 5.74) is 4.89. The lowest BCUT2D eigenvalue weighted by atomic mass is 9.96. The number of thiol groups is 1. The summed E-state index contributed by atoms with van der Waals surface area (Å²) < 4.78 is 2.35. The molecule has 27 heavy (non-hydrogen) atoms. The predicted molar refractivity (Wildman–Crippen MR) is 118 cm³/mol. The zero-order chi connectivity index (χ0) is 18.5. The van der Waals surface area contributed by atoms with E-state index in [1.807, 2.05) is 6.07 Å². The van der Waals surface area contributed by atoms with Gasteiger partial charge in [0.1, 0.15) is 0 Å². The summed E-state index contributed by atoms with van der Waals surface area (Å²) in [5, 5.41) is 0. The Hall–Kier alpha value is -2.73. The molecule has 2 heteroatoms. The van der Waals surface area contributed by atoms with Crippen molar-refractivity contribution in [1.29, 1.82) is 0 Å². The molecule has 0 bridgehead atoms. The molecule has 1 aliphatic heterocycles. The fraction of sp³-hybridized carbons (Fsp3) is 0.120. The molecule has 0 aromatic heterocycles. The summed E-state index contributed by atoms with van der Waals surface area (Å²) in [4.78, 5) is 1.30. The molecule has 0 saturated heterocycles. The zero-order valence-electron chi connectivity index (χ0n) is 15.3. The largest absolute Gasteiger partial charge is 0.250 e. The third-order valence-electron chi connectivity index (χ3n) is 4.59. The molecule has 0 N–H and O–H groups in total. The maximum Gasteiger partial charge on any atom is 0.0627 e. The van der Waals surface area contributed by atoms with Crippen LogP contribution in [0.3, 0.4) is 0 Å². The second-order valence-electron chi connectivity index (χ2n) is 6.67. The Kier molecular flexibility index (Phi) is 5.44. The quantitative estimate of drug-likeness (QED) is 0.549. The van der Waals surface area contributed by atoms with Crippen LogP contribution < -0.4 is 0 Å². The average Bonchev–Trinajstić information content (AvgIpc) is 2.69. The fourth-order valence-electron chi connectivity index (χ4n) is 3.24. The van der Waals surface area contributed by atoms with E-state index in [0.29, 0.717) is 6.04 Å². The Morgan fingerprint density at radius 1 is 1.00 bits per heavy atom. The Bertz CT molecular complexity index is 985. The van der Waals surface area contributed by atoms with E-state index in [2.05, 4.69) is 108 Å². The van der Waals surface area contributed by atoms with Crippen molar-refractivity contribution in [3.63, 3.8) is 0 Å². The molecule has 0 saturated carbocycles. The lowest BCUT2D eigenvalue weighted by Gasteiger charge is -2.33. The van der Waals surface area contributed by atoms with Gasteiger partial charge in [-0.2, -0.15) is 0 Å². The molecular weight excluding hydrogens is 346 g/mol. The average molecular weight is 369 g/mol. The normalized spacial score (nSPS) is 20.3. The number of fused-ring (bicyclic) bond motifs is 1. The first-order valence-corrected chi connectivity index (χ1v) is 9.98. The van der Waals surface area contributed by atoms with Crippen molar-refractivity contribution < 1.29 is 0 Å². The van der Waals surface area contributed by atoms with Crippen molar-refractivity contribution in [2.24, 2.45) is 0 Å². The van der Waals surface area contributed by atoms with Crippen molar-refractivity contribution in [3.8, 4) is 11.8 Å². The highest BCUT2D eigenvalue weighted by molar-refractivity contribution is 8.01. The molecule has 133 valence electrons. The molecule has 0 amide bonds. The molecule has 1 atom stereocenters. The summed E-state index contributed by atoms with van der Waals surface area (Å²) >= 11 is 1.23. The number of rotatable bonds is 2. The topological polar surface area (TPSA) is 3.24 Å². The third kappa shape index (κ3) is 4.52. The van der Waals surface area contributed by atoms with Gasteiger partial charge in [0.15, 0.2) is 0 Å². The molecule has 2 aromatic rings. The minimum Gasteiger partial charge on any atom is -0.250 e. The molecule has 2 aromatic carbocycles. The van der Waals surface area contributed by atoms with Crippen molar-refractivity contribution >= 4 is 18.0 Å². The predicted octanol–water partition coefficient (Wildman–Crippen LogP) is 5.39. The van der Waals surface area contributed by atoms with Gasteiger partial charge in [-0.1, -0.05) is 78.6 Å². The van der Waals surface area contributed by atoms with Crippen LogP contribution in [0.25, 0.3) is 6.08 Å². The van der Waals surface area contributed by atoms with Crippen molar-refractivity contribution in [2.45, 2.75) is 12.5 Å². The molecule has 1 nitrogen and oxygen atoms in total. The number of benzene rings is 2. The standard InChI is InChI=1S/C25H22NS/c1-26-25-16-15-22(14-8-13-20-9-4-2-5-10-20)17-23(25)19-24(27-26)18-21-11-6-3-7-12-21/h2-7,9-12,15-19,25,27H,13H2,1H3/b24-18-. The second kappa shape index (κ2) is 8.31. The van der Waals surface area contributed by atoms with Crippen LogP contribution in [0.15, 0.2) is 101 Å². The van der Waals surface area contributed by atoms with Gasteiger partial charge in [-0.3, -0.25) is 0 Å². The van der Waals surface area contributed by atoms with Crippen LogP contribution in [-0.4, -0.2) is 17.4 Å². The van der Waals surface area contributed by atoms with Gasteiger partial charge in [-0.15, -0.1) is 11.9 Å². The van der Waals surface area contributed by atoms with E-state index in [-0.39, 0.29) is 0 Å². The van der Waals surface area contributed by atoms with Gasteiger partial charge in [0.25, 0.3) is 0 Å². The van der Waals surface area contributed by atoms with Crippen LogP contribution in [0.2, 0.25) is 0 Å². The van der Waals surface area contributed by atoms with E-state index in [1.54, 1.807) is 0 Å². The third-order valence-corrected chi connectivity index (χ3v) is 5.65. The SMILES string of the molecule is CN1[SH]/C(=C\c2ccccc2)C=C2C=C(C#CCc3ccccc3)C=CC21. The van der Waals surface area contributed by atoms with E-state index in [4.69, 9.17) is 0 Å². The van der Waals surface area contributed by atoms with Gasteiger partial charge in [-0.25, -0.2) is 4.31 Å². The van der Waals surface area contributed by atoms with E-state index in [9.17, 15) is 0 Å². The summed E-state index contributed by atoms with van der Waals surface area (Å²) in [6.45, 7) is 0. The molecule has 2 aliphatic rings. The van der Waals surface area contributed by atoms with Gasteiger partial charge in [0, 0.05) is 16.9 Å². The van der Waals surface area contributed by atoms with Crippen LogP contribution in [0.1, 0.15) is 11.1 Å². The number of nitrogens with zero attached hydrogens (tertiary/aromatic N) is 1. The lowest BCUT2D eigenvalue weighted by molar-refractivity contribution is 0.530. The zero-order valence-corrected chi connectivity index (χ0v) is 16.2. The second-order valence-corrected chi connectivity index (χ2v) is 8.01. The number of hydrogen-bond donors (Lipinski definition) is 1. The van der Waals surface area contributed by atoms with Crippen LogP contribution in [0.4, 0.5) is 0 Å². The minimum absolute atomic E-state index is 0.333. The van der Waals surface area contributed by atoms with E-state index < -0.39 is 0 Å². The van der Waals surface area contributed by atoms with Gasteiger partial charge in [0.05, 0.1) is 6.04 Å². The number of allylic oxidation sites excluding steroid dienone is 3. The summed E-state index contributed by atoms with van der Waals surface area (Å²) in [7, 11) is 2.17. The van der Waals surface area contributed by atoms with Gasteiger partial charge >= 0.3 is 0 Å². The van der Waals surface area contributed by atoms with Crippen LogP contribution in [-0.2, 0) is 6.42 Å². The van der Waals surface area contributed by atoms with E-state index in [1.165, 1.54) is 33.6 Å². The lowest BCUT2D eigenvalue weighted by Crippen LogP contribution is -2.29. The maximum atomic E-state index is 3.33. The van der Waals surface area contributed by atoms with Gasteiger partial charge < -0.3 is 0 Å². The summed E-state index contributed by atoms with van der Waals surface area (Å²) in [6.07, 6.45) is 12.0. The Balaban J connectivity index is 1.55. The van der Waals surface area contributed by atoms with Crippen LogP contribution in [0.5, 0.6) is 0 Å². The van der Waals surface area contributed by atoms with Crippen molar-refractivity contribution in [1.82, 2.24) is 4.31 Å². The maximum absolute atomic E-state index is 3.33. The molecular formula is C25H22NS. The molecule has 0 spiro atoms. The van der Waals surface area contributed by atoms with Crippen molar-refractivity contribution in [3.05, 3.63) is 112 Å². The molecule has 1 radical (unpaired) electrons. The first kappa shape index (κ1) is 17.7. The van der Waals surface area contributed by atoms with E-state index in [0.717, 1.165) is 12.0 Å². The monoisotopic (exact) mass is 368 g/mol. The Morgan fingerprint density at radius 3 is 2.52 bits per heavy atom. The molecule has 4 rings (SSSR count). The Morgan fingerprint density at radius 2 is 1.74 bits per heavy atom. The Labute approximate surface area is 165 Å². The minimum atomic E-state index is 0.333. The molecule has 1 heterocycles. The fourth-order valence-corrected chi connectivity index (χ4v) is 4.36. The first-order chi connectivity index (χ1) is 13.3. The van der Waals surface area contributed by atoms with Crippen LogP contribution in [0, 0.1) is 11.8 Å². The first-order valence-electron chi connectivity index (χ1n) is 9.13.